The zero-order chi connectivity index (χ0) is 17.3. The average Bonchev–Trinajstić information content (AvgIpc) is 3.37. The van der Waals surface area contributed by atoms with Crippen LogP contribution < -0.4 is 4.74 Å². The number of carbonyl (C=O) groups excluding carboxylic acids is 2. The van der Waals surface area contributed by atoms with Crippen molar-refractivity contribution in [2.24, 2.45) is 0 Å². The van der Waals surface area contributed by atoms with Crippen LogP contribution in [0, 0.1) is 0 Å². The normalized spacial score (nSPS) is 14.8. The lowest BCUT2D eigenvalue weighted by Gasteiger charge is -2.15. The molecular weight excluding hydrogens is 351 g/mol. The molecule has 124 valence electrons. The molecule has 0 aromatic heterocycles. The van der Waals surface area contributed by atoms with E-state index in [1.807, 2.05) is 0 Å². The van der Waals surface area contributed by atoms with Crippen molar-refractivity contribution in [3.8, 4) is 5.75 Å². The lowest BCUT2D eigenvalue weighted by atomic mass is 10.0. The van der Waals surface area contributed by atoms with Crippen LogP contribution in [0.2, 0.25) is 10.0 Å². The van der Waals surface area contributed by atoms with Gasteiger partial charge in [0.05, 0.1) is 17.2 Å². The molecule has 0 atom stereocenters. The van der Waals surface area contributed by atoms with E-state index >= 15 is 0 Å². The lowest BCUT2D eigenvalue weighted by molar-refractivity contribution is -0.151. The molecule has 2 aromatic carbocycles. The summed E-state index contributed by atoms with van der Waals surface area (Å²) in [4.78, 5) is 24.2. The van der Waals surface area contributed by atoms with Crippen molar-refractivity contribution in [3.05, 3.63) is 63.6 Å². The minimum Gasteiger partial charge on any atom is -0.476 e. The Labute approximate surface area is 149 Å². The molecule has 0 saturated heterocycles. The van der Waals surface area contributed by atoms with Crippen molar-refractivity contribution in [2.45, 2.75) is 18.4 Å². The Bertz CT molecular complexity index is 795. The Kier molecular flexibility index (Phi) is 4.52. The van der Waals surface area contributed by atoms with Gasteiger partial charge in [-0.15, -0.1) is 0 Å². The van der Waals surface area contributed by atoms with E-state index in [0.29, 0.717) is 39.8 Å². The Hall–Kier alpha value is -2.04. The fourth-order valence-corrected chi connectivity index (χ4v) is 2.65. The van der Waals surface area contributed by atoms with Gasteiger partial charge >= 0.3 is 5.97 Å². The topological polar surface area (TPSA) is 52.6 Å². The number of hydrogen-bond acceptors (Lipinski definition) is 4. The van der Waals surface area contributed by atoms with Crippen molar-refractivity contribution in [1.82, 2.24) is 0 Å². The summed E-state index contributed by atoms with van der Waals surface area (Å²) in [6.07, 6.45) is 1.26. The van der Waals surface area contributed by atoms with Crippen LogP contribution in [0.4, 0.5) is 0 Å². The van der Waals surface area contributed by atoms with E-state index in [-0.39, 0.29) is 11.8 Å². The molecule has 24 heavy (non-hydrogen) atoms. The molecular formula is C18H14Cl2O4. The van der Waals surface area contributed by atoms with Crippen LogP contribution in [-0.4, -0.2) is 24.5 Å². The number of benzene rings is 2. The van der Waals surface area contributed by atoms with Crippen molar-refractivity contribution >= 4 is 35.0 Å². The molecule has 0 heterocycles. The van der Waals surface area contributed by atoms with E-state index in [1.54, 1.807) is 36.4 Å². The molecule has 0 spiro atoms. The second-order valence-corrected chi connectivity index (χ2v) is 6.38. The highest BCUT2D eigenvalue weighted by atomic mass is 35.5. The Morgan fingerprint density at radius 3 is 2.12 bits per heavy atom. The van der Waals surface area contributed by atoms with E-state index in [4.69, 9.17) is 32.7 Å². The third-order valence-electron chi connectivity index (χ3n) is 3.87. The molecule has 2 aromatic rings. The zero-order valence-electron chi connectivity index (χ0n) is 12.8. The van der Waals surface area contributed by atoms with Gasteiger partial charge in [0.2, 0.25) is 5.60 Å². The summed E-state index contributed by atoms with van der Waals surface area (Å²) in [5.41, 5.74) is 0.0687. The van der Waals surface area contributed by atoms with Crippen LogP contribution in [0.15, 0.2) is 42.5 Å². The van der Waals surface area contributed by atoms with Crippen LogP contribution in [-0.2, 0) is 9.53 Å². The van der Waals surface area contributed by atoms with Gasteiger partial charge in [0.15, 0.2) is 5.78 Å². The maximum absolute atomic E-state index is 12.5. The van der Waals surface area contributed by atoms with Gasteiger partial charge in [0, 0.05) is 24.0 Å². The number of halogens is 2. The summed E-state index contributed by atoms with van der Waals surface area (Å²) in [6.45, 7) is 0. The summed E-state index contributed by atoms with van der Waals surface area (Å²) in [6, 6.07) is 11.4. The molecule has 1 aliphatic carbocycles. The first-order chi connectivity index (χ1) is 11.4. The number of ether oxygens (including phenoxy) is 2. The number of rotatable bonds is 5. The van der Waals surface area contributed by atoms with Crippen LogP contribution in [0.25, 0.3) is 0 Å². The highest BCUT2D eigenvalue weighted by Gasteiger charge is 2.54. The summed E-state index contributed by atoms with van der Waals surface area (Å²) in [7, 11) is 1.34. The van der Waals surface area contributed by atoms with Crippen molar-refractivity contribution in [1.29, 1.82) is 0 Å². The molecule has 0 N–H and O–H groups in total. The van der Waals surface area contributed by atoms with E-state index in [0.717, 1.165) is 0 Å². The van der Waals surface area contributed by atoms with Crippen LogP contribution in [0.3, 0.4) is 0 Å². The SMILES string of the molecule is COC(=O)C1(Oc2ccc(C(=O)c3ccc(Cl)c(Cl)c3)cc2)CC1. The van der Waals surface area contributed by atoms with Crippen molar-refractivity contribution < 1.29 is 19.1 Å². The number of ketones is 1. The van der Waals surface area contributed by atoms with Gasteiger partial charge in [0.25, 0.3) is 0 Å². The second kappa shape index (κ2) is 6.46. The van der Waals surface area contributed by atoms with Crippen LogP contribution >= 0.6 is 23.2 Å². The summed E-state index contributed by atoms with van der Waals surface area (Å²) < 4.78 is 10.5. The molecule has 0 unspecified atom stereocenters. The number of methoxy groups -OCH3 is 1. The predicted molar refractivity (Wildman–Crippen MR) is 90.9 cm³/mol. The minimum atomic E-state index is -0.871. The van der Waals surface area contributed by atoms with Gasteiger partial charge in [-0.05, 0) is 42.5 Å². The van der Waals surface area contributed by atoms with Gasteiger partial charge in [-0.1, -0.05) is 23.2 Å². The van der Waals surface area contributed by atoms with Crippen molar-refractivity contribution in [2.75, 3.05) is 7.11 Å². The smallest absolute Gasteiger partial charge is 0.350 e. The molecule has 1 fully saturated rings. The molecule has 0 amide bonds. The fraction of sp³-hybridized carbons (Fsp3) is 0.222. The number of hydrogen-bond donors (Lipinski definition) is 0. The van der Waals surface area contributed by atoms with E-state index in [2.05, 4.69) is 0 Å². The minimum absolute atomic E-state index is 0.172. The molecule has 6 heteroatoms. The quantitative estimate of drug-likeness (QED) is 0.585. The van der Waals surface area contributed by atoms with E-state index < -0.39 is 5.60 Å². The Morgan fingerprint density at radius 1 is 0.958 bits per heavy atom. The first kappa shape index (κ1) is 16.8. The highest BCUT2D eigenvalue weighted by molar-refractivity contribution is 6.42. The second-order valence-electron chi connectivity index (χ2n) is 5.57. The lowest BCUT2D eigenvalue weighted by Crippen LogP contribution is -2.30. The Morgan fingerprint density at radius 2 is 1.58 bits per heavy atom. The zero-order valence-corrected chi connectivity index (χ0v) is 14.4. The number of esters is 1. The number of carbonyl (C=O) groups is 2. The van der Waals surface area contributed by atoms with Crippen LogP contribution in [0.5, 0.6) is 5.75 Å². The maximum atomic E-state index is 12.5. The van der Waals surface area contributed by atoms with Gasteiger partial charge in [0.1, 0.15) is 5.75 Å². The molecule has 0 bridgehead atoms. The third kappa shape index (κ3) is 3.25. The van der Waals surface area contributed by atoms with Gasteiger partial charge < -0.3 is 9.47 Å². The highest BCUT2D eigenvalue weighted by Crippen LogP contribution is 2.41. The first-order valence-corrected chi connectivity index (χ1v) is 8.08. The predicted octanol–water partition coefficient (Wildman–Crippen LogP) is 4.31. The van der Waals surface area contributed by atoms with Crippen LogP contribution in [0.1, 0.15) is 28.8 Å². The molecule has 0 aliphatic heterocycles. The summed E-state index contributed by atoms with van der Waals surface area (Å²) in [5.74, 6) is -0.0312. The Balaban J connectivity index is 1.76. The third-order valence-corrected chi connectivity index (χ3v) is 4.61. The fourth-order valence-electron chi connectivity index (χ4n) is 2.35. The van der Waals surface area contributed by atoms with Gasteiger partial charge in [-0.25, -0.2) is 4.79 Å². The van der Waals surface area contributed by atoms with E-state index in [1.165, 1.54) is 13.2 Å². The maximum Gasteiger partial charge on any atom is 0.350 e. The first-order valence-electron chi connectivity index (χ1n) is 7.32. The molecule has 3 rings (SSSR count). The molecule has 4 nitrogen and oxygen atoms in total. The molecule has 1 aliphatic rings. The standard InChI is InChI=1S/C18H14Cl2O4/c1-23-17(22)18(8-9-18)24-13-5-2-11(3-6-13)16(21)12-4-7-14(19)15(20)10-12/h2-7,10H,8-9H2,1H3. The summed E-state index contributed by atoms with van der Waals surface area (Å²) in [5, 5.41) is 0.728. The van der Waals surface area contributed by atoms with Gasteiger partial charge in [-0.2, -0.15) is 0 Å². The molecule has 1 saturated carbocycles. The van der Waals surface area contributed by atoms with Crippen molar-refractivity contribution in [3.63, 3.8) is 0 Å². The monoisotopic (exact) mass is 364 g/mol. The summed E-state index contributed by atoms with van der Waals surface area (Å²) >= 11 is 11.8. The van der Waals surface area contributed by atoms with E-state index in [9.17, 15) is 9.59 Å². The average molecular weight is 365 g/mol. The largest absolute Gasteiger partial charge is 0.476 e. The van der Waals surface area contributed by atoms with Gasteiger partial charge in [-0.3, -0.25) is 4.79 Å². The molecule has 0 radical (unpaired) electrons.